The molecule has 2 N–H and O–H groups in total. The molecule has 1 fully saturated rings. The molecule has 2 atom stereocenters. The Morgan fingerprint density at radius 2 is 2.30 bits per heavy atom. The van der Waals surface area contributed by atoms with Gasteiger partial charge in [0.15, 0.2) is 5.65 Å². The quantitative estimate of drug-likeness (QED) is 0.894. The Labute approximate surface area is 119 Å². The van der Waals surface area contributed by atoms with Crippen LogP contribution in [0.1, 0.15) is 30.7 Å². The molecule has 0 radical (unpaired) electrons. The van der Waals surface area contributed by atoms with Gasteiger partial charge in [-0.15, -0.1) is 0 Å². The van der Waals surface area contributed by atoms with Crippen molar-refractivity contribution in [1.29, 1.82) is 0 Å². The van der Waals surface area contributed by atoms with Gasteiger partial charge < -0.3 is 10.6 Å². The van der Waals surface area contributed by atoms with Crippen molar-refractivity contribution >= 4 is 17.5 Å². The van der Waals surface area contributed by atoms with Gasteiger partial charge >= 0.3 is 0 Å². The fourth-order valence-corrected chi connectivity index (χ4v) is 3.18. The third-order valence-corrected chi connectivity index (χ3v) is 4.28. The Hall–Kier alpha value is -1.88. The van der Waals surface area contributed by atoms with Gasteiger partial charge in [0.05, 0.1) is 11.9 Å². The molecule has 2 aromatic heterocycles. The summed E-state index contributed by atoms with van der Waals surface area (Å²) in [6.45, 7) is 8.28. The number of nitrogens with zero attached hydrogens (tertiary/aromatic N) is 3. The predicted octanol–water partition coefficient (Wildman–Crippen LogP) is 2.13. The topological polar surface area (TPSA) is 54.2 Å². The van der Waals surface area contributed by atoms with Crippen molar-refractivity contribution in [3.63, 3.8) is 0 Å². The van der Waals surface area contributed by atoms with Gasteiger partial charge in [0.25, 0.3) is 0 Å². The number of hydrogen-bond acceptors (Lipinski definition) is 4. The summed E-state index contributed by atoms with van der Waals surface area (Å²) in [5.74, 6) is 2.00. The van der Waals surface area contributed by atoms with Crippen molar-refractivity contribution in [1.82, 2.24) is 19.7 Å². The molecule has 0 saturated carbocycles. The van der Waals surface area contributed by atoms with E-state index in [9.17, 15) is 0 Å². The van der Waals surface area contributed by atoms with E-state index in [-0.39, 0.29) is 0 Å². The van der Waals surface area contributed by atoms with Gasteiger partial charge in [0.2, 0.25) is 0 Å². The van der Waals surface area contributed by atoms with E-state index in [1.54, 1.807) is 0 Å². The highest BCUT2D eigenvalue weighted by Gasteiger charge is 2.30. The van der Waals surface area contributed by atoms with Crippen molar-refractivity contribution in [2.75, 3.05) is 25.5 Å². The number of aromatic nitrogens is 3. The third-order valence-electron chi connectivity index (χ3n) is 4.28. The number of rotatable bonds is 4. The molecule has 5 heteroatoms. The lowest BCUT2D eigenvalue weighted by atomic mass is 9.91. The summed E-state index contributed by atoms with van der Waals surface area (Å²) in [6, 6.07) is 0. The molecule has 0 bridgehead atoms. The molecule has 1 saturated heterocycles. The van der Waals surface area contributed by atoms with Gasteiger partial charge in [0, 0.05) is 31.4 Å². The molecule has 3 rings (SSSR count). The average molecular weight is 271 g/mol. The molecule has 0 amide bonds. The van der Waals surface area contributed by atoms with Crippen LogP contribution >= 0.6 is 0 Å². The number of imidazole rings is 1. The second-order valence-corrected chi connectivity index (χ2v) is 5.26. The van der Waals surface area contributed by atoms with Crippen LogP contribution < -0.4 is 10.6 Å². The highest BCUT2D eigenvalue weighted by Crippen LogP contribution is 2.32. The fraction of sp³-hybridized carbons (Fsp3) is 0.467. The van der Waals surface area contributed by atoms with E-state index in [1.165, 1.54) is 12.1 Å². The minimum atomic E-state index is 0.501. The van der Waals surface area contributed by atoms with Gasteiger partial charge in [-0.3, -0.25) is 4.40 Å². The van der Waals surface area contributed by atoms with Gasteiger partial charge in [-0.05, 0) is 18.5 Å². The van der Waals surface area contributed by atoms with Gasteiger partial charge in [-0.1, -0.05) is 19.9 Å². The smallest absolute Gasteiger partial charge is 0.156 e. The van der Waals surface area contributed by atoms with E-state index >= 15 is 0 Å². The summed E-state index contributed by atoms with van der Waals surface area (Å²) in [5.41, 5.74) is 3.13. The standard InChI is InChI=1S/C15H21N5/c1-4-10-6-17-7-11(10)13-8-18-14-9-19-15(16-3)12(5-2)20(13)14/h5,8-11,16-17H,2,4,6-7H2,1,3H3/t10-,11+/m1/s1. The van der Waals surface area contributed by atoms with E-state index in [2.05, 4.69) is 38.5 Å². The molecule has 0 aromatic carbocycles. The number of hydrogen-bond donors (Lipinski definition) is 2. The van der Waals surface area contributed by atoms with Crippen LogP contribution in [0.5, 0.6) is 0 Å². The largest absolute Gasteiger partial charge is 0.371 e. The van der Waals surface area contributed by atoms with Crippen LogP contribution in [-0.2, 0) is 0 Å². The maximum absolute atomic E-state index is 4.51. The summed E-state index contributed by atoms with van der Waals surface area (Å²) in [6.07, 6.45) is 6.83. The first-order chi connectivity index (χ1) is 9.80. The predicted molar refractivity (Wildman–Crippen MR) is 82.0 cm³/mol. The maximum atomic E-state index is 4.51. The highest BCUT2D eigenvalue weighted by atomic mass is 15.1. The molecule has 2 aromatic rings. The van der Waals surface area contributed by atoms with Crippen LogP contribution in [0.2, 0.25) is 0 Å². The van der Waals surface area contributed by atoms with Crippen LogP contribution in [0.3, 0.4) is 0 Å². The zero-order chi connectivity index (χ0) is 14.1. The fourth-order valence-electron chi connectivity index (χ4n) is 3.18. The molecule has 0 aliphatic carbocycles. The molecule has 0 spiro atoms. The molecule has 20 heavy (non-hydrogen) atoms. The summed E-state index contributed by atoms with van der Waals surface area (Å²) in [4.78, 5) is 8.91. The van der Waals surface area contributed by atoms with E-state index in [1.807, 2.05) is 25.5 Å². The monoisotopic (exact) mass is 271 g/mol. The lowest BCUT2D eigenvalue weighted by Gasteiger charge is -2.18. The van der Waals surface area contributed by atoms with E-state index in [0.29, 0.717) is 11.8 Å². The Balaban J connectivity index is 2.18. The van der Waals surface area contributed by atoms with Crippen LogP contribution in [0.15, 0.2) is 19.0 Å². The first kappa shape index (κ1) is 13.1. The van der Waals surface area contributed by atoms with E-state index < -0.39 is 0 Å². The Morgan fingerprint density at radius 1 is 1.45 bits per heavy atom. The lowest BCUT2D eigenvalue weighted by molar-refractivity contribution is 0.492. The van der Waals surface area contributed by atoms with Crippen molar-refractivity contribution in [3.05, 3.63) is 30.4 Å². The van der Waals surface area contributed by atoms with Crippen molar-refractivity contribution in [3.8, 4) is 0 Å². The van der Waals surface area contributed by atoms with Crippen LogP contribution in [0, 0.1) is 5.92 Å². The molecule has 1 aliphatic rings. The van der Waals surface area contributed by atoms with Gasteiger partial charge in [-0.2, -0.15) is 0 Å². The van der Waals surface area contributed by atoms with E-state index in [4.69, 9.17) is 0 Å². The molecule has 3 heterocycles. The zero-order valence-electron chi connectivity index (χ0n) is 12.1. The first-order valence-electron chi connectivity index (χ1n) is 7.17. The second-order valence-electron chi connectivity index (χ2n) is 5.26. The minimum Gasteiger partial charge on any atom is -0.371 e. The van der Waals surface area contributed by atoms with Crippen LogP contribution in [-0.4, -0.2) is 34.5 Å². The highest BCUT2D eigenvalue weighted by molar-refractivity contribution is 5.63. The molecule has 106 valence electrons. The van der Waals surface area contributed by atoms with E-state index in [0.717, 1.165) is 30.2 Å². The average Bonchev–Trinajstić information content (AvgIpc) is 3.11. The SMILES string of the molecule is C=Cc1c(NC)ncc2ncc([C@H]3CNC[C@H]3CC)n12. The maximum Gasteiger partial charge on any atom is 0.156 e. The minimum absolute atomic E-state index is 0.501. The number of nitrogens with one attached hydrogen (secondary N) is 2. The Bertz CT molecular complexity index is 630. The van der Waals surface area contributed by atoms with Crippen molar-refractivity contribution in [2.45, 2.75) is 19.3 Å². The van der Waals surface area contributed by atoms with Crippen molar-refractivity contribution in [2.24, 2.45) is 5.92 Å². The van der Waals surface area contributed by atoms with Gasteiger partial charge in [0.1, 0.15) is 5.82 Å². The van der Waals surface area contributed by atoms with Crippen LogP contribution in [0.25, 0.3) is 11.7 Å². The normalized spacial score (nSPS) is 22.3. The zero-order valence-corrected chi connectivity index (χ0v) is 12.1. The summed E-state index contributed by atoms with van der Waals surface area (Å²) >= 11 is 0. The van der Waals surface area contributed by atoms with Crippen LogP contribution in [0.4, 0.5) is 5.82 Å². The summed E-state index contributed by atoms with van der Waals surface area (Å²) < 4.78 is 2.19. The molecular formula is C15H21N5. The lowest BCUT2D eigenvalue weighted by Crippen LogP contribution is -2.13. The molecular weight excluding hydrogens is 250 g/mol. The van der Waals surface area contributed by atoms with Crippen molar-refractivity contribution < 1.29 is 0 Å². The summed E-state index contributed by atoms with van der Waals surface area (Å²) in [7, 11) is 1.88. The molecule has 1 aliphatic heterocycles. The second kappa shape index (κ2) is 5.25. The third kappa shape index (κ3) is 1.89. The Kier molecular flexibility index (Phi) is 3.44. The number of anilines is 1. The molecule has 5 nitrogen and oxygen atoms in total. The first-order valence-corrected chi connectivity index (χ1v) is 7.17. The Morgan fingerprint density at radius 3 is 3.00 bits per heavy atom. The summed E-state index contributed by atoms with van der Waals surface area (Å²) in [5, 5.41) is 6.62. The molecule has 0 unspecified atom stereocenters. The van der Waals surface area contributed by atoms with Gasteiger partial charge in [-0.25, -0.2) is 9.97 Å². The number of fused-ring (bicyclic) bond motifs is 1.